The standard InChI is InChI=1S/C14H19FN2/c1-10-13(15)3-2-4-14(10)16-11-7-8-17(9-11)12-5-6-12/h2-4,11-12,16H,5-9H2,1H3. The van der Waals surface area contributed by atoms with E-state index in [1.54, 1.807) is 6.07 Å². The van der Waals surface area contributed by atoms with Crippen LogP contribution in [0, 0.1) is 12.7 Å². The van der Waals surface area contributed by atoms with Crippen LogP contribution >= 0.6 is 0 Å². The Kier molecular flexibility index (Phi) is 2.79. The predicted octanol–water partition coefficient (Wildman–Crippen LogP) is 2.78. The zero-order valence-corrected chi connectivity index (χ0v) is 10.2. The van der Waals surface area contributed by atoms with Crippen LogP contribution in [0.5, 0.6) is 0 Å². The second-order valence-corrected chi connectivity index (χ2v) is 5.27. The highest BCUT2D eigenvalue weighted by atomic mass is 19.1. The molecule has 1 unspecified atom stereocenters. The molecule has 17 heavy (non-hydrogen) atoms. The van der Waals surface area contributed by atoms with E-state index >= 15 is 0 Å². The van der Waals surface area contributed by atoms with E-state index in [0.29, 0.717) is 6.04 Å². The van der Waals surface area contributed by atoms with Crippen LogP contribution in [0.4, 0.5) is 10.1 Å². The zero-order valence-electron chi connectivity index (χ0n) is 10.2. The Morgan fingerprint density at radius 2 is 2.12 bits per heavy atom. The van der Waals surface area contributed by atoms with Crippen molar-refractivity contribution in [1.82, 2.24) is 4.90 Å². The Bertz CT molecular complexity index is 415. The molecule has 0 radical (unpaired) electrons. The molecular weight excluding hydrogens is 215 g/mol. The highest BCUT2D eigenvalue weighted by Crippen LogP contribution is 2.31. The van der Waals surface area contributed by atoms with Crippen LogP contribution in [0.1, 0.15) is 24.8 Å². The molecule has 2 aliphatic rings. The van der Waals surface area contributed by atoms with E-state index in [0.717, 1.165) is 23.8 Å². The highest BCUT2D eigenvalue weighted by molar-refractivity contribution is 5.51. The first-order valence-electron chi connectivity index (χ1n) is 6.50. The molecule has 1 saturated heterocycles. The molecule has 1 aliphatic carbocycles. The molecule has 0 amide bonds. The molecule has 2 nitrogen and oxygen atoms in total. The van der Waals surface area contributed by atoms with E-state index in [9.17, 15) is 4.39 Å². The van der Waals surface area contributed by atoms with Gasteiger partial charge in [-0.1, -0.05) is 6.07 Å². The van der Waals surface area contributed by atoms with Crippen LogP contribution in [0.15, 0.2) is 18.2 Å². The van der Waals surface area contributed by atoms with Crippen LogP contribution in [0.3, 0.4) is 0 Å². The SMILES string of the molecule is Cc1c(F)cccc1NC1CCN(C2CC2)C1. The van der Waals surface area contributed by atoms with Gasteiger partial charge in [-0.25, -0.2) is 4.39 Å². The van der Waals surface area contributed by atoms with Crippen LogP contribution < -0.4 is 5.32 Å². The Morgan fingerprint density at radius 3 is 2.88 bits per heavy atom. The number of hydrogen-bond donors (Lipinski definition) is 1. The summed E-state index contributed by atoms with van der Waals surface area (Å²) in [7, 11) is 0. The molecule has 1 aromatic rings. The first-order chi connectivity index (χ1) is 8.24. The average Bonchev–Trinajstić information content (AvgIpc) is 3.06. The third-order valence-corrected chi connectivity index (χ3v) is 3.91. The summed E-state index contributed by atoms with van der Waals surface area (Å²) in [5, 5.41) is 3.48. The molecule has 0 bridgehead atoms. The molecule has 1 atom stereocenters. The minimum atomic E-state index is -0.118. The van der Waals surface area contributed by atoms with Crippen molar-refractivity contribution in [2.24, 2.45) is 0 Å². The molecule has 1 aromatic carbocycles. The molecular formula is C14H19FN2. The summed E-state index contributed by atoms with van der Waals surface area (Å²) >= 11 is 0. The van der Waals surface area contributed by atoms with Gasteiger partial charge in [0.1, 0.15) is 5.82 Å². The molecule has 1 aliphatic heterocycles. The first kappa shape index (κ1) is 11.0. The van der Waals surface area contributed by atoms with Crippen LogP contribution in [0.25, 0.3) is 0 Å². The maximum absolute atomic E-state index is 13.4. The minimum absolute atomic E-state index is 0.118. The summed E-state index contributed by atoms with van der Waals surface area (Å²) in [6, 6.07) is 6.59. The van der Waals surface area contributed by atoms with Gasteiger partial charge >= 0.3 is 0 Å². The van der Waals surface area contributed by atoms with Crippen molar-refractivity contribution < 1.29 is 4.39 Å². The number of rotatable bonds is 3. The van der Waals surface area contributed by atoms with Crippen molar-refractivity contribution in [3.8, 4) is 0 Å². The lowest BCUT2D eigenvalue weighted by molar-refractivity contribution is 0.326. The normalized spacial score (nSPS) is 25.2. The molecule has 1 N–H and O–H groups in total. The molecule has 2 fully saturated rings. The molecule has 3 heteroatoms. The number of nitrogens with zero attached hydrogens (tertiary/aromatic N) is 1. The van der Waals surface area contributed by atoms with Crippen molar-refractivity contribution in [2.75, 3.05) is 18.4 Å². The summed E-state index contributed by atoms with van der Waals surface area (Å²) < 4.78 is 13.4. The smallest absolute Gasteiger partial charge is 0.128 e. The van der Waals surface area contributed by atoms with E-state index in [2.05, 4.69) is 10.2 Å². The Morgan fingerprint density at radius 1 is 1.29 bits per heavy atom. The largest absolute Gasteiger partial charge is 0.381 e. The molecule has 1 saturated carbocycles. The summed E-state index contributed by atoms with van der Waals surface area (Å²) in [6.45, 7) is 4.14. The van der Waals surface area contributed by atoms with E-state index in [-0.39, 0.29) is 5.82 Å². The lowest BCUT2D eigenvalue weighted by atomic mass is 10.1. The van der Waals surface area contributed by atoms with Gasteiger partial charge in [0.15, 0.2) is 0 Å². The Labute approximate surface area is 102 Å². The third kappa shape index (κ3) is 2.29. The van der Waals surface area contributed by atoms with Crippen LogP contribution in [-0.2, 0) is 0 Å². The number of nitrogens with one attached hydrogen (secondary N) is 1. The molecule has 92 valence electrons. The summed E-state index contributed by atoms with van der Waals surface area (Å²) in [6.07, 6.45) is 3.91. The van der Waals surface area contributed by atoms with Gasteiger partial charge in [-0.3, -0.25) is 4.90 Å². The second-order valence-electron chi connectivity index (χ2n) is 5.27. The number of benzene rings is 1. The maximum atomic E-state index is 13.4. The summed E-state index contributed by atoms with van der Waals surface area (Å²) in [4.78, 5) is 2.56. The Balaban J connectivity index is 1.65. The van der Waals surface area contributed by atoms with Gasteiger partial charge in [-0.15, -0.1) is 0 Å². The molecule has 0 aromatic heterocycles. The number of likely N-dealkylation sites (tertiary alicyclic amines) is 1. The molecule has 1 heterocycles. The van der Waals surface area contributed by atoms with E-state index in [4.69, 9.17) is 0 Å². The van der Waals surface area contributed by atoms with Crippen LogP contribution in [-0.4, -0.2) is 30.1 Å². The van der Waals surface area contributed by atoms with Crippen LogP contribution in [0.2, 0.25) is 0 Å². The van der Waals surface area contributed by atoms with Gasteiger partial charge in [-0.05, 0) is 38.3 Å². The van der Waals surface area contributed by atoms with Gasteiger partial charge in [0.25, 0.3) is 0 Å². The number of hydrogen-bond acceptors (Lipinski definition) is 2. The van der Waals surface area contributed by atoms with Crippen molar-refractivity contribution in [1.29, 1.82) is 0 Å². The molecule has 3 rings (SSSR count). The maximum Gasteiger partial charge on any atom is 0.128 e. The van der Waals surface area contributed by atoms with Gasteiger partial charge < -0.3 is 5.32 Å². The topological polar surface area (TPSA) is 15.3 Å². The zero-order chi connectivity index (χ0) is 11.8. The highest BCUT2D eigenvalue weighted by Gasteiger charge is 2.34. The van der Waals surface area contributed by atoms with Gasteiger partial charge in [0.2, 0.25) is 0 Å². The lowest BCUT2D eigenvalue weighted by Crippen LogP contribution is -2.27. The molecule has 0 spiro atoms. The fraction of sp³-hybridized carbons (Fsp3) is 0.571. The number of anilines is 1. The van der Waals surface area contributed by atoms with Gasteiger partial charge in [0, 0.05) is 36.4 Å². The Hall–Kier alpha value is -1.09. The number of halogens is 1. The van der Waals surface area contributed by atoms with Crippen molar-refractivity contribution in [3.63, 3.8) is 0 Å². The summed E-state index contributed by atoms with van der Waals surface area (Å²) in [5.41, 5.74) is 1.69. The second kappa shape index (κ2) is 4.30. The van der Waals surface area contributed by atoms with Gasteiger partial charge in [-0.2, -0.15) is 0 Å². The van der Waals surface area contributed by atoms with E-state index in [1.807, 2.05) is 13.0 Å². The minimum Gasteiger partial charge on any atom is -0.381 e. The quantitative estimate of drug-likeness (QED) is 0.865. The van der Waals surface area contributed by atoms with E-state index in [1.165, 1.54) is 31.9 Å². The monoisotopic (exact) mass is 234 g/mol. The van der Waals surface area contributed by atoms with E-state index < -0.39 is 0 Å². The summed E-state index contributed by atoms with van der Waals surface area (Å²) in [5.74, 6) is -0.118. The first-order valence-corrected chi connectivity index (χ1v) is 6.50. The predicted molar refractivity (Wildman–Crippen MR) is 67.8 cm³/mol. The third-order valence-electron chi connectivity index (χ3n) is 3.91. The van der Waals surface area contributed by atoms with Crippen molar-refractivity contribution in [3.05, 3.63) is 29.6 Å². The lowest BCUT2D eigenvalue weighted by Gasteiger charge is -2.18. The fourth-order valence-corrected chi connectivity index (χ4v) is 2.66. The average molecular weight is 234 g/mol. The fourth-order valence-electron chi connectivity index (χ4n) is 2.66. The van der Waals surface area contributed by atoms with Crippen molar-refractivity contribution >= 4 is 5.69 Å². The van der Waals surface area contributed by atoms with Gasteiger partial charge in [0.05, 0.1) is 0 Å². The van der Waals surface area contributed by atoms with Crippen molar-refractivity contribution in [2.45, 2.75) is 38.3 Å².